The van der Waals surface area contributed by atoms with E-state index in [0.29, 0.717) is 10.0 Å². The SMILES string of the molecule is Clc1cccc(Cl)c1/C=C/c1cc[nH]c1. The zero-order chi connectivity index (χ0) is 10.7. The maximum atomic E-state index is 6.03. The molecule has 0 bridgehead atoms. The Balaban J connectivity index is 2.32. The zero-order valence-corrected chi connectivity index (χ0v) is 9.39. The molecule has 1 aromatic heterocycles. The minimum Gasteiger partial charge on any atom is -0.367 e. The highest BCUT2D eigenvalue weighted by Gasteiger charge is 2.00. The van der Waals surface area contributed by atoms with E-state index in [0.717, 1.165) is 11.1 Å². The Labute approximate surface area is 98.3 Å². The lowest BCUT2D eigenvalue weighted by Gasteiger charge is -1.99. The van der Waals surface area contributed by atoms with E-state index in [1.54, 1.807) is 0 Å². The molecular formula is C12H9Cl2N. The van der Waals surface area contributed by atoms with E-state index in [-0.39, 0.29) is 0 Å². The van der Waals surface area contributed by atoms with Crippen molar-refractivity contribution in [3.63, 3.8) is 0 Å². The van der Waals surface area contributed by atoms with Gasteiger partial charge in [-0.1, -0.05) is 41.4 Å². The van der Waals surface area contributed by atoms with E-state index < -0.39 is 0 Å². The molecular weight excluding hydrogens is 229 g/mol. The number of hydrogen-bond donors (Lipinski definition) is 1. The fourth-order valence-corrected chi connectivity index (χ4v) is 1.81. The molecule has 0 aliphatic rings. The lowest BCUT2D eigenvalue weighted by atomic mass is 10.2. The van der Waals surface area contributed by atoms with Crippen molar-refractivity contribution in [3.05, 3.63) is 57.8 Å². The van der Waals surface area contributed by atoms with Crippen LogP contribution >= 0.6 is 23.2 Å². The third-order valence-corrected chi connectivity index (χ3v) is 2.72. The van der Waals surface area contributed by atoms with Crippen LogP contribution in [0.2, 0.25) is 10.0 Å². The van der Waals surface area contributed by atoms with Gasteiger partial charge in [-0.3, -0.25) is 0 Å². The molecule has 1 aromatic carbocycles. The summed E-state index contributed by atoms with van der Waals surface area (Å²) >= 11 is 12.1. The van der Waals surface area contributed by atoms with Crippen molar-refractivity contribution in [3.8, 4) is 0 Å². The Bertz CT molecular complexity index is 452. The molecule has 1 heterocycles. The molecule has 2 aromatic rings. The third kappa shape index (κ3) is 2.44. The first-order chi connectivity index (χ1) is 7.27. The van der Waals surface area contributed by atoms with Crippen molar-refractivity contribution < 1.29 is 0 Å². The van der Waals surface area contributed by atoms with Gasteiger partial charge in [-0.2, -0.15) is 0 Å². The molecule has 0 saturated carbocycles. The Morgan fingerprint density at radius 3 is 2.33 bits per heavy atom. The molecule has 0 atom stereocenters. The first kappa shape index (κ1) is 10.3. The fourth-order valence-electron chi connectivity index (χ4n) is 1.29. The van der Waals surface area contributed by atoms with E-state index in [4.69, 9.17) is 23.2 Å². The average molecular weight is 238 g/mol. The summed E-state index contributed by atoms with van der Waals surface area (Å²) in [5, 5.41) is 1.32. The molecule has 15 heavy (non-hydrogen) atoms. The van der Waals surface area contributed by atoms with Crippen LogP contribution in [0.5, 0.6) is 0 Å². The molecule has 1 nitrogen and oxygen atoms in total. The average Bonchev–Trinajstić information content (AvgIpc) is 2.70. The molecule has 2 rings (SSSR count). The van der Waals surface area contributed by atoms with Crippen molar-refractivity contribution in [1.29, 1.82) is 0 Å². The van der Waals surface area contributed by atoms with E-state index >= 15 is 0 Å². The van der Waals surface area contributed by atoms with Gasteiger partial charge in [0.15, 0.2) is 0 Å². The van der Waals surface area contributed by atoms with Crippen LogP contribution in [-0.2, 0) is 0 Å². The van der Waals surface area contributed by atoms with Crippen LogP contribution in [0, 0.1) is 0 Å². The summed E-state index contributed by atoms with van der Waals surface area (Å²) in [5.74, 6) is 0. The van der Waals surface area contributed by atoms with Crippen LogP contribution in [0.3, 0.4) is 0 Å². The number of hydrogen-bond acceptors (Lipinski definition) is 0. The van der Waals surface area contributed by atoms with E-state index in [2.05, 4.69) is 4.98 Å². The third-order valence-electron chi connectivity index (χ3n) is 2.06. The number of aromatic nitrogens is 1. The fraction of sp³-hybridized carbons (Fsp3) is 0. The van der Waals surface area contributed by atoms with Crippen molar-refractivity contribution in [2.45, 2.75) is 0 Å². The number of benzene rings is 1. The van der Waals surface area contributed by atoms with Crippen LogP contribution in [0.1, 0.15) is 11.1 Å². The molecule has 1 N–H and O–H groups in total. The summed E-state index contributed by atoms with van der Waals surface area (Å²) in [6.45, 7) is 0. The summed E-state index contributed by atoms with van der Waals surface area (Å²) in [4.78, 5) is 2.98. The maximum Gasteiger partial charge on any atom is 0.0493 e. The number of H-pyrrole nitrogens is 1. The summed E-state index contributed by atoms with van der Waals surface area (Å²) in [7, 11) is 0. The van der Waals surface area contributed by atoms with Crippen molar-refractivity contribution >= 4 is 35.4 Å². The highest BCUT2D eigenvalue weighted by Crippen LogP contribution is 2.26. The Hall–Kier alpha value is -1.18. The summed E-state index contributed by atoms with van der Waals surface area (Å²) < 4.78 is 0. The largest absolute Gasteiger partial charge is 0.367 e. The summed E-state index contributed by atoms with van der Waals surface area (Å²) in [5.41, 5.74) is 1.94. The van der Waals surface area contributed by atoms with Gasteiger partial charge in [0.25, 0.3) is 0 Å². The zero-order valence-electron chi connectivity index (χ0n) is 7.87. The normalized spacial score (nSPS) is 11.1. The predicted molar refractivity (Wildman–Crippen MR) is 66.2 cm³/mol. The number of aromatic amines is 1. The summed E-state index contributed by atoms with van der Waals surface area (Å²) in [6, 6.07) is 7.45. The molecule has 0 spiro atoms. The first-order valence-corrected chi connectivity index (χ1v) is 5.28. The highest BCUT2D eigenvalue weighted by atomic mass is 35.5. The summed E-state index contributed by atoms with van der Waals surface area (Å²) in [6.07, 6.45) is 7.65. The Kier molecular flexibility index (Phi) is 3.14. The van der Waals surface area contributed by atoms with Gasteiger partial charge in [0.05, 0.1) is 0 Å². The second kappa shape index (κ2) is 4.56. The molecule has 76 valence electrons. The number of rotatable bonds is 2. The van der Waals surface area contributed by atoms with Gasteiger partial charge < -0.3 is 4.98 Å². The first-order valence-electron chi connectivity index (χ1n) is 4.52. The number of halogens is 2. The quantitative estimate of drug-likeness (QED) is 0.793. The molecule has 3 heteroatoms. The van der Waals surface area contributed by atoms with E-state index in [1.807, 2.05) is 48.8 Å². The number of nitrogens with one attached hydrogen (secondary N) is 1. The van der Waals surface area contributed by atoms with Crippen molar-refractivity contribution in [1.82, 2.24) is 4.98 Å². The van der Waals surface area contributed by atoms with Gasteiger partial charge in [0.1, 0.15) is 0 Å². The molecule has 0 saturated heterocycles. The minimum atomic E-state index is 0.661. The van der Waals surface area contributed by atoms with Gasteiger partial charge in [-0.25, -0.2) is 0 Å². The van der Waals surface area contributed by atoms with E-state index in [1.165, 1.54) is 0 Å². The van der Waals surface area contributed by atoms with Gasteiger partial charge in [-0.05, 0) is 23.8 Å². The Morgan fingerprint density at radius 2 is 1.73 bits per heavy atom. The molecule has 0 fully saturated rings. The van der Waals surface area contributed by atoms with Crippen molar-refractivity contribution in [2.75, 3.05) is 0 Å². The van der Waals surface area contributed by atoms with Crippen LogP contribution in [-0.4, -0.2) is 4.98 Å². The maximum absolute atomic E-state index is 6.03. The minimum absolute atomic E-state index is 0.661. The van der Waals surface area contributed by atoms with Crippen LogP contribution in [0.15, 0.2) is 36.7 Å². The van der Waals surface area contributed by atoms with E-state index in [9.17, 15) is 0 Å². The van der Waals surface area contributed by atoms with Gasteiger partial charge in [0.2, 0.25) is 0 Å². The van der Waals surface area contributed by atoms with Crippen LogP contribution in [0.25, 0.3) is 12.2 Å². The molecule has 0 radical (unpaired) electrons. The van der Waals surface area contributed by atoms with Crippen LogP contribution < -0.4 is 0 Å². The lowest BCUT2D eigenvalue weighted by molar-refractivity contribution is 1.41. The Morgan fingerprint density at radius 1 is 1.00 bits per heavy atom. The van der Waals surface area contributed by atoms with Gasteiger partial charge in [0, 0.05) is 28.0 Å². The van der Waals surface area contributed by atoms with Gasteiger partial charge in [-0.15, -0.1) is 0 Å². The van der Waals surface area contributed by atoms with Crippen LogP contribution in [0.4, 0.5) is 0 Å². The lowest BCUT2D eigenvalue weighted by Crippen LogP contribution is -1.76. The second-order valence-electron chi connectivity index (χ2n) is 3.11. The molecule has 0 amide bonds. The molecule has 0 aliphatic heterocycles. The highest BCUT2D eigenvalue weighted by molar-refractivity contribution is 6.37. The topological polar surface area (TPSA) is 15.8 Å². The smallest absolute Gasteiger partial charge is 0.0493 e. The molecule has 0 unspecified atom stereocenters. The predicted octanol–water partition coefficient (Wildman–Crippen LogP) is 4.49. The second-order valence-corrected chi connectivity index (χ2v) is 3.93. The van der Waals surface area contributed by atoms with Crippen molar-refractivity contribution in [2.24, 2.45) is 0 Å². The monoisotopic (exact) mass is 237 g/mol. The molecule has 0 aliphatic carbocycles. The standard InChI is InChI=1S/C12H9Cl2N/c13-11-2-1-3-12(14)10(11)5-4-9-6-7-15-8-9/h1-8,15H/b5-4+. The van der Waals surface area contributed by atoms with Gasteiger partial charge >= 0.3 is 0 Å².